The Morgan fingerprint density at radius 3 is 2.82 bits per heavy atom. The third kappa shape index (κ3) is 3.63. The van der Waals surface area contributed by atoms with Crippen LogP contribution in [-0.4, -0.2) is 42.1 Å². The average molecular weight is 469 g/mol. The molecular weight excluding hydrogens is 448 g/mol. The van der Waals surface area contributed by atoms with Gasteiger partial charge in [0.25, 0.3) is 5.91 Å². The lowest BCUT2D eigenvalue weighted by molar-refractivity contribution is 0.0939. The second kappa shape index (κ2) is 7.92. The highest BCUT2D eigenvalue weighted by Crippen LogP contribution is 2.31. The number of anilines is 2. The molecule has 0 bridgehead atoms. The van der Waals surface area contributed by atoms with Crippen molar-refractivity contribution in [3.63, 3.8) is 0 Å². The summed E-state index contributed by atoms with van der Waals surface area (Å²) in [7, 11) is 0. The number of aromatic amines is 2. The number of fused-ring (bicyclic) bond motifs is 3. The molecule has 0 fully saturated rings. The fraction of sp³-hybridized carbons (Fsp3) is 0.125. The first-order valence-corrected chi connectivity index (χ1v) is 11.7. The molecule has 0 spiro atoms. The third-order valence-electron chi connectivity index (χ3n) is 5.44. The van der Waals surface area contributed by atoms with Gasteiger partial charge >= 0.3 is 0 Å². The highest BCUT2D eigenvalue weighted by atomic mass is 32.1. The van der Waals surface area contributed by atoms with E-state index in [0.29, 0.717) is 23.0 Å². The topological polar surface area (TPSA) is 124 Å². The summed E-state index contributed by atoms with van der Waals surface area (Å²) in [6.07, 6.45) is 1.79. The Hall–Kier alpha value is -4.31. The summed E-state index contributed by atoms with van der Waals surface area (Å²) >= 11 is 1.49. The van der Waals surface area contributed by atoms with E-state index in [0.717, 1.165) is 37.8 Å². The van der Waals surface area contributed by atoms with E-state index in [1.165, 1.54) is 11.3 Å². The Morgan fingerprint density at radius 2 is 1.94 bits per heavy atom. The predicted octanol–water partition coefficient (Wildman–Crippen LogP) is 4.99. The molecule has 0 radical (unpaired) electrons. The largest absolute Gasteiger partial charge is 0.351 e. The third-order valence-corrected chi connectivity index (χ3v) is 6.26. The minimum absolute atomic E-state index is 0.0628. The molecule has 34 heavy (non-hydrogen) atoms. The quantitative estimate of drug-likeness (QED) is 0.282. The molecule has 0 atom stereocenters. The number of nitrogens with zero attached hydrogens (tertiary/aromatic N) is 4. The Bertz CT molecular complexity index is 1680. The first kappa shape index (κ1) is 20.3. The molecule has 10 heteroatoms. The van der Waals surface area contributed by atoms with E-state index in [9.17, 15) is 4.79 Å². The van der Waals surface area contributed by atoms with Gasteiger partial charge < -0.3 is 15.6 Å². The van der Waals surface area contributed by atoms with E-state index in [1.54, 1.807) is 11.7 Å². The lowest BCUT2D eigenvalue weighted by Gasteiger charge is -2.09. The van der Waals surface area contributed by atoms with E-state index in [4.69, 9.17) is 4.98 Å². The van der Waals surface area contributed by atoms with Crippen LogP contribution in [0.3, 0.4) is 0 Å². The van der Waals surface area contributed by atoms with Gasteiger partial charge in [-0.25, -0.2) is 15.0 Å². The van der Waals surface area contributed by atoms with Gasteiger partial charge in [-0.3, -0.25) is 9.89 Å². The summed E-state index contributed by atoms with van der Waals surface area (Å²) in [5, 5.41) is 15.3. The van der Waals surface area contributed by atoms with Gasteiger partial charge in [0.15, 0.2) is 17.3 Å². The number of hydrogen-bond acceptors (Lipinski definition) is 7. The van der Waals surface area contributed by atoms with Crippen molar-refractivity contribution in [1.29, 1.82) is 0 Å². The van der Waals surface area contributed by atoms with Crippen LogP contribution in [-0.2, 0) is 0 Å². The van der Waals surface area contributed by atoms with Crippen LogP contribution in [0.15, 0.2) is 54.2 Å². The Labute approximate surface area is 197 Å². The van der Waals surface area contributed by atoms with E-state index >= 15 is 0 Å². The number of amides is 1. The molecule has 4 aromatic heterocycles. The molecule has 6 aromatic rings. The number of hydrogen-bond donors (Lipinski definition) is 4. The molecule has 0 saturated carbocycles. The standard InChI is InChI=1S/C24H20N8OS/c1-12(2)27-24(33)19-8-13-3-4-14(9-18(13)29-19)21-30-22-20(34-11-25-22)23(31-21)28-16-5-6-17-15(7-16)10-26-32-17/h3-12,29H,1-2H3,(H,26,32)(H,27,33)(H,28,30,31). The summed E-state index contributed by atoms with van der Waals surface area (Å²) in [4.78, 5) is 29.5. The van der Waals surface area contributed by atoms with Crippen LogP contribution in [0.4, 0.5) is 11.5 Å². The predicted molar refractivity (Wildman–Crippen MR) is 134 cm³/mol. The highest BCUT2D eigenvalue weighted by Gasteiger charge is 2.15. The zero-order valence-electron chi connectivity index (χ0n) is 18.4. The molecule has 0 saturated heterocycles. The monoisotopic (exact) mass is 468 g/mol. The SMILES string of the molecule is CC(C)NC(=O)c1cc2ccc(-c3nc(Nc4ccc5[nH]ncc5c4)c4scnc4n3)cc2[nH]1. The maximum absolute atomic E-state index is 12.4. The normalized spacial score (nSPS) is 11.6. The van der Waals surface area contributed by atoms with Crippen molar-refractivity contribution in [3.05, 3.63) is 59.9 Å². The van der Waals surface area contributed by atoms with Gasteiger partial charge in [-0.15, -0.1) is 11.3 Å². The van der Waals surface area contributed by atoms with Crippen molar-refractivity contribution in [2.24, 2.45) is 0 Å². The van der Waals surface area contributed by atoms with Crippen LogP contribution < -0.4 is 10.6 Å². The molecule has 0 aliphatic rings. The van der Waals surface area contributed by atoms with E-state index in [2.05, 4.69) is 35.8 Å². The first-order valence-electron chi connectivity index (χ1n) is 10.8. The van der Waals surface area contributed by atoms with Crippen molar-refractivity contribution in [2.45, 2.75) is 19.9 Å². The summed E-state index contributed by atoms with van der Waals surface area (Å²) in [6.45, 7) is 3.87. The number of nitrogens with one attached hydrogen (secondary N) is 4. The molecule has 168 valence electrons. The van der Waals surface area contributed by atoms with Crippen LogP contribution in [0.25, 0.3) is 43.5 Å². The van der Waals surface area contributed by atoms with Crippen molar-refractivity contribution in [1.82, 2.24) is 35.5 Å². The molecule has 2 aromatic carbocycles. The van der Waals surface area contributed by atoms with Crippen LogP contribution in [0.5, 0.6) is 0 Å². The Kier molecular flexibility index (Phi) is 4.73. The van der Waals surface area contributed by atoms with Crippen molar-refractivity contribution in [2.75, 3.05) is 5.32 Å². The molecule has 0 unspecified atom stereocenters. The van der Waals surface area contributed by atoms with Gasteiger partial charge in [0.05, 0.1) is 17.2 Å². The highest BCUT2D eigenvalue weighted by molar-refractivity contribution is 7.17. The van der Waals surface area contributed by atoms with Gasteiger partial charge in [-0.1, -0.05) is 12.1 Å². The van der Waals surface area contributed by atoms with Crippen molar-refractivity contribution in [3.8, 4) is 11.4 Å². The maximum Gasteiger partial charge on any atom is 0.267 e. The zero-order chi connectivity index (χ0) is 23.2. The van der Waals surface area contributed by atoms with Gasteiger partial charge in [0.1, 0.15) is 10.4 Å². The summed E-state index contributed by atoms with van der Waals surface area (Å²) in [6, 6.07) is 13.7. The number of carbonyl (C=O) groups excluding carboxylic acids is 1. The van der Waals surface area contributed by atoms with Crippen molar-refractivity contribution >= 4 is 60.9 Å². The van der Waals surface area contributed by atoms with Crippen LogP contribution in [0, 0.1) is 0 Å². The number of carbonyl (C=O) groups is 1. The number of H-pyrrole nitrogens is 2. The fourth-order valence-corrected chi connectivity index (χ4v) is 4.53. The number of rotatable bonds is 5. The molecule has 4 heterocycles. The van der Waals surface area contributed by atoms with E-state index < -0.39 is 0 Å². The second-order valence-electron chi connectivity index (χ2n) is 8.31. The average Bonchev–Trinajstić information content (AvgIpc) is 3.56. The number of aromatic nitrogens is 6. The molecule has 4 N–H and O–H groups in total. The van der Waals surface area contributed by atoms with Crippen LogP contribution in [0.2, 0.25) is 0 Å². The van der Waals surface area contributed by atoms with E-state index in [-0.39, 0.29) is 11.9 Å². The van der Waals surface area contributed by atoms with Crippen molar-refractivity contribution < 1.29 is 4.79 Å². The van der Waals surface area contributed by atoms with Gasteiger partial charge in [-0.05, 0) is 44.2 Å². The molecule has 6 rings (SSSR count). The maximum atomic E-state index is 12.4. The Morgan fingerprint density at radius 1 is 1.03 bits per heavy atom. The van der Waals surface area contributed by atoms with Gasteiger partial charge in [0.2, 0.25) is 0 Å². The minimum Gasteiger partial charge on any atom is -0.351 e. The Balaban J connectivity index is 1.39. The lowest BCUT2D eigenvalue weighted by atomic mass is 10.1. The lowest BCUT2D eigenvalue weighted by Crippen LogP contribution is -2.30. The minimum atomic E-state index is -0.131. The molecule has 9 nitrogen and oxygen atoms in total. The fourth-order valence-electron chi connectivity index (χ4n) is 3.86. The molecule has 0 aliphatic carbocycles. The number of benzene rings is 2. The second-order valence-corrected chi connectivity index (χ2v) is 9.17. The first-order chi connectivity index (χ1) is 16.5. The smallest absolute Gasteiger partial charge is 0.267 e. The molecule has 0 aliphatic heterocycles. The van der Waals surface area contributed by atoms with Crippen LogP contribution >= 0.6 is 11.3 Å². The van der Waals surface area contributed by atoms with E-state index in [1.807, 2.05) is 56.3 Å². The molecular formula is C24H20N8OS. The van der Waals surface area contributed by atoms with Gasteiger partial charge in [0, 0.05) is 33.6 Å². The van der Waals surface area contributed by atoms with Crippen LogP contribution in [0.1, 0.15) is 24.3 Å². The zero-order valence-corrected chi connectivity index (χ0v) is 19.2. The summed E-state index contributed by atoms with van der Waals surface area (Å²) in [5.41, 5.74) is 6.45. The number of thiazole rings is 1. The molecule has 1 amide bonds. The summed E-state index contributed by atoms with van der Waals surface area (Å²) < 4.78 is 0.879. The summed E-state index contributed by atoms with van der Waals surface area (Å²) in [5.74, 6) is 1.11. The van der Waals surface area contributed by atoms with Gasteiger partial charge in [-0.2, -0.15) is 5.10 Å².